The number of hydrogen-bond donors (Lipinski definition) is 1. The number of halogens is 1. The molecule has 0 unspecified atom stereocenters. The predicted octanol–water partition coefficient (Wildman–Crippen LogP) is 4.16. The summed E-state index contributed by atoms with van der Waals surface area (Å²) in [6.07, 6.45) is 2.45. The molecule has 0 aliphatic carbocycles. The average Bonchev–Trinajstić information content (AvgIpc) is 2.90. The van der Waals surface area contributed by atoms with E-state index in [1.807, 2.05) is 11.3 Å². The van der Waals surface area contributed by atoms with Crippen molar-refractivity contribution in [1.29, 1.82) is 0 Å². The Kier molecular flexibility index (Phi) is 5.13. The summed E-state index contributed by atoms with van der Waals surface area (Å²) >= 11 is 1.82. The van der Waals surface area contributed by atoms with E-state index in [2.05, 4.69) is 41.9 Å². The molecule has 1 aromatic heterocycles. The van der Waals surface area contributed by atoms with Crippen LogP contribution in [0, 0.1) is 6.92 Å². The van der Waals surface area contributed by atoms with Crippen molar-refractivity contribution >= 4 is 28.3 Å². The van der Waals surface area contributed by atoms with Gasteiger partial charge in [-0.15, -0.1) is 28.3 Å². The molecule has 0 atom stereocenters. The number of rotatable bonds is 2. The summed E-state index contributed by atoms with van der Waals surface area (Å²) in [5.74, 6) is 0.662. The van der Waals surface area contributed by atoms with Gasteiger partial charge in [0.1, 0.15) is 0 Å². The minimum absolute atomic E-state index is 0. The van der Waals surface area contributed by atoms with E-state index in [9.17, 15) is 0 Å². The Morgan fingerprint density at radius 3 is 2.53 bits per heavy atom. The quantitative estimate of drug-likeness (QED) is 0.889. The van der Waals surface area contributed by atoms with Crippen LogP contribution in [0.2, 0.25) is 0 Å². The molecule has 2 aromatic rings. The SMILES string of the molecule is Br.Cc1ccc(-c2csc(C3CCNCC3)n2)cc1. The van der Waals surface area contributed by atoms with Crippen LogP contribution >= 0.6 is 28.3 Å². The van der Waals surface area contributed by atoms with E-state index in [0.29, 0.717) is 5.92 Å². The molecule has 4 heteroatoms. The molecular weight excluding hydrogens is 320 g/mol. The summed E-state index contributed by atoms with van der Waals surface area (Å²) in [5, 5.41) is 6.91. The van der Waals surface area contributed by atoms with Crippen LogP contribution in [0.5, 0.6) is 0 Å². The molecule has 1 N–H and O–H groups in total. The van der Waals surface area contributed by atoms with Gasteiger partial charge in [-0.25, -0.2) is 4.98 Å². The van der Waals surface area contributed by atoms with Crippen molar-refractivity contribution in [2.24, 2.45) is 0 Å². The topological polar surface area (TPSA) is 24.9 Å². The lowest BCUT2D eigenvalue weighted by atomic mass is 9.99. The van der Waals surface area contributed by atoms with Gasteiger partial charge in [-0.1, -0.05) is 29.8 Å². The van der Waals surface area contributed by atoms with Crippen molar-refractivity contribution in [3.63, 3.8) is 0 Å². The zero-order valence-electron chi connectivity index (χ0n) is 11.1. The zero-order chi connectivity index (χ0) is 12.4. The number of aryl methyl sites for hydroxylation is 1. The molecule has 0 amide bonds. The fourth-order valence-electron chi connectivity index (χ4n) is 2.40. The van der Waals surface area contributed by atoms with Gasteiger partial charge in [-0.2, -0.15) is 0 Å². The van der Waals surface area contributed by atoms with Crippen molar-refractivity contribution in [3.05, 3.63) is 40.2 Å². The first-order valence-corrected chi connectivity index (χ1v) is 7.44. The predicted molar refractivity (Wildman–Crippen MR) is 87.5 cm³/mol. The maximum absolute atomic E-state index is 4.82. The zero-order valence-corrected chi connectivity index (χ0v) is 13.6. The monoisotopic (exact) mass is 338 g/mol. The minimum Gasteiger partial charge on any atom is -0.317 e. The molecule has 1 aliphatic rings. The molecule has 0 spiro atoms. The molecule has 0 saturated carbocycles. The number of benzene rings is 1. The second-order valence-electron chi connectivity index (χ2n) is 4.96. The molecule has 3 rings (SSSR count). The third kappa shape index (κ3) is 3.44. The third-order valence-electron chi connectivity index (χ3n) is 3.56. The normalized spacial score (nSPS) is 16.1. The highest BCUT2D eigenvalue weighted by Gasteiger charge is 2.18. The van der Waals surface area contributed by atoms with Crippen LogP contribution < -0.4 is 5.32 Å². The highest BCUT2D eigenvalue weighted by molar-refractivity contribution is 8.93. The first kappa shape index (κ1) is 14.7. The molecule has 19 heavy (non-hydrogen) atoms. The lowest BCUT2D eigenvalue weighted by molar-refractivity contribution is 0.459. The van der Waals surface area contributed by atoms with Gasteiger partial charge < -0.3 is 5.32 Å². The van der Waals surface area contributed by atoms with Crippen molar-refractivity contribution in [2.45, 2.75) is 25.7 Å². The summed E-state index contributed by atoms with van der Waals surface area (Å²) in [5.41, 5.74) is 3.66. The number of hydrogen-bond acceptors (Lipinski definition) is 3. The van der Waals surface area contributed by atoms with Gasteiger partial charge in [0.05, 0.1) is 10.7 Å². The first-order valence-electron chi connectivity index (χ1n) is 6.56. The molecule has 1 fully saturated rings. The van der Waals surface area contributed by atoms with Crippen LogP contribution in [0.15, 0.2) is 29.6 Å². The van der Waals surface area contributed by atoms with E-state index in [4.69, 9.17) is 4.98 Å². The van der Waals surface area contributed by atoms with Gasteiger partial charge in [0.15, 0.2) is 0 Å². The summed E-state index contributed by atoms with van der Waals surface area (Å²) in [6, 6.07) is 8.63. The fourth-order valence-corrected chi connectivity index (χ4v) is 3.40. The number of thiazole rings is 1. The lowest BCUT2D eigenvalue weighted by Crippen LogP contribution is -2.26. The summed E-state index contributed by atoms with van der Waals surface area (Å²) in [7, 11) is 0. The van der Waals surface area contributed by atoms with Gasteiger partial charge in [0, 0.05) is 16.9 Å². The van der Waals surface area contributed by atoms with E-state index in [1.54, 1.807) is 0 Å². The smallest absolute Gasteiger partial charge is 0.0964 e. The number of piperidine rings is 1. The molecule has 102 valence electrons. The van der Waals surface area contributed by atoms with Crippen LogP contribution in [0.3, 0.4) is 0 Å². The van der Waals surface area contributed by atoms with E-state index in [-0.39, 0.29) is 17.0 Å². The fraction of sp³-hybridized carbons (Fsp3) is 0.400. The second-order valence-corrected chi connectivity index (χ2v) is 5.85. The van der Waals surface area contributed by atoms with Gasteiger partial charge in [0.2, 0.25) is 0 Å². The molecule has 2 nitrogen and oxygen atoms in total. The minimum atomic E-state index is 0. The molecule has 0 bridgehead atoms. The Hall–Kier alpha value is -0.710. The van der Waals surface area contributed by atoms with Gasteiger partial charge >= 0.3 is 0 Å². The second kappa shape index (κ2) is 6.64. The molecule has 0 radical (unpaired) electrons. The Balaban J connectivity index is 0.00000133. The average molecular weight is 339 g/mol. The molecular formula is C15H19BrN2S. The van der Waals surface area contributed by atoms with Crippen LogP contribution in [-0.4, -0.2) is 18.1 Å². The van der Waals surface area contributed by atoms with E-state index in [0.717, 1.165) is 18.8 Å². The van der Waals surface area contributed by atoms with Crippen molar-refractivity contribution in [2.75, 3.05) is 13.1 Å². The summed E-state index contributed by atoms with van der Waals surface area (Å²) in [6.45, 7) is 4.37. The van der Waals surface area contributed by atoms with Gasteiger partial charge in [-0.05, 0) is 32.9 Å². The molecule has 1 saturated heterocycles. The first-order chi connectivity index (χ1) is 8.83. The third-order valence-corrected chi connectivity index (χ3v) is 4.56. The van der Waals surface area contributed by atoms with Crippen molar-refractivity contribution in [1.82, 2.24) is 10.3 Å². The number of aromatic nitrogens is 1. The van der Waals surface area contributed by atoms with Crippen molar-refractivity contribution < 1.29 is 0 Å². The standard InChI is InChI=1S/C15H18N2S.BrH/c1-11-2-4-12(5-3-11)14-10-18-15(17-14)13-6-8-16-9-7-13;/h2-5,10,13,16H,6-9H2,1H3;1H. The molecule has 1 aromatic carbocycles. The van der Waals surface area contributed by atoms with E-state index in [1.165, 1.54) is 29.0 Å². The Bertz CT molecular complexity index is 515. The van der Waals surface area contributed by atoms with Crippen LogP contribution in [0.4, 0.5) is 0 Å². The maximum atomic E-state index is 4.82. The Labute approximate surface area is 129 Å². The summed E-state index contributed by atoms with van der Waals surface area (Å²) in [4.78, 5) is 4.82. The van der Waals surface area contributed by atoms with E-state index >= 15 is 0 Å². The highest BCUT2D eigenvalue weighted by atomic mass is 79.9. The lowest BCUT2D eigenvalue weighted by Gasteiger charge is -2.20. The van der Waals surface area contributed by atoms with Gasteiger partial charge in [-0.3, -0.25) is 0 Å². The summed E-state index contributed by atoms with van der Waals surface area (Å²) < 4.78 is 0. The van der Waals surface area contributed by atoms with Gasteiger partial charge in [0.25, 0.3) is 0 Å². The number of nitrogens with zero attached hydrogens (tertiary/aromatic N) is 1. The van der Waals surface area contributed by atoms with Crippen molar-refractivity contribution in [3.8, 4) is 11.3 Å². The van der Waals surface area contributed by atoms with Crippen LogP contribution in [-0.2, 0) is 0 Å². The largest absolute Gasteiger partial charge is 0.317 e. The van der Waals surface area contributed by atoms with E-state index < -0.39 is 0 Å². The number of nitrogens with one attached hydrogen (secondary N) is 1. The Morgan fingerprint density at radius 1 is 1.16 bits per heavy atom. The van der Waals surface area contributed by atoms with Crippen LogP contribution in [0.25, 0.3) is 11.3 Å². The molecule has 2 heterocycles. The highest BCUT2D eigenvalue weighted by Crippen LogP contribution is 2.31. The maximum Gasteiger partial charge on any atom is 0.0964 e. The molecule has 1 aliphatic heterocycles. The van der Waals surface area contributed by atoms with Crippen LogP contribution in [0.1, 0.15) is 29.3 Å². The Morgan fingerprint density at radius 2 is 1.84 bits per heavy atom.